The van der Waals surface area contributed by atoms with E-state index in [1.165, 1.54) is 25.7 Å². The van der Waals surface area contributed by atoms with Crippen LogP contribution >= 0.6 is 0 Å². The van der Waals surface area contributed by atoms with Crippen molar-refractivity contribution < 1.29 is 9.53 Å². The van der Waals surface area contributed by atoms with E-state index in [1.54, 1.807) is 7.11 Å². The second-order valence-electron chi connectivity index (χ2n) is 4.90. The molecule has 1 saturated heterocycles. The minimum absolute atomic E-state index is 0.0255. The summed E-state index contributed by atoms with van der Waals surface area (Å²) in [5, 5.41) is 3.43. The standard InChI is InChI=1S/C12H22N2O2/c1-9-12(15)14(7-8-16-2)11(13-9)10-5-3-4-6-10/h9-11,13H,3-8H2,1-2H3. The van der Waals surface area contributed by atoms with Crippen LogP contribution in [0.3, 0.4) is 0 Å². The fourth-order valence-electron chi connectivity index (χ4n) is 2.91. The SMILES string of the molecule is COCCN1C(=O)C(C)NC1C1CCCC1. The van der Waals surface area contributed by atoms with Gasteiger partial charge in [0.05, 0.1) is 18.8 Å². The van der Waals surface area contributed by atoms with Crippen molar-refractivity contribution in [2.75, 3.05) is 20.3 Å². The molecule has 0 aromatic rings. The van der Waals surface area contributed by atoms with Gasteiger partial charge in [-0.25, -0.2) is 0 Å². The van der Waals surface area contributed by atoms with Crippen LogP contribution in [0, 0.1) is 5.92 Å². The summed E-state index contributed by atoms with van der Waals surface area (Å²) in [5.41, 5.74) is 0. The molecule has 4 nitrogen and oxygen atoms in total. The van der Waals surface area contributed by atoms with E-state index in [-0.39, 0.29) is 18.1 Å². The van der Waals surface area contributed by atoms with Gasteiger partial charge in [0.15, 0.2) is 0 Å². The first-order chi connectivity index (χ1) is 7.74. The van der Waals surface area contributed by atoms with E-state index in [2.05, 4.69) is 5.32 Å². The Bertz CT molecular complexity index is 251. The first-order valence-electron chi connectivity index (χ1n) is 6.29. The molecule has 0 radical (unpaired) electrons. The van der Waals surface area contributed by atoms with Gasteiger partial charge in [-0.2, -0.15) is 0 Å². The van der Waals surface area contributed by atoms with Crippen molar-refractivity contribution in [2.24, 2.45) is 5.92 Å². The number of hydrogen-bond acceptors (Lipinski definition) is 3. The van der Waals surface area contributed by atoms with Crippen LogP contribution in [0.1, 0.15) is 32.6 Å². The third kappa shape index (κ3) is 2.23. The molecule has 2 atom stereocenters. The lowest BCUT2D eigenvalue weighted by Gasteiger charge is -2.28. The molecule has 0 aromatic carbocycles. The number of nitrogens with zero attached hydrogens (tertiary/aromatic N) is 1. The van der Waals surface area contributed by atoms with Gasteiger partial charge in [-0.3, -0.25) is 10.1 Å². The molecule has 2 rings (SSSR count). The maximum atomic E-state index is 12.0. The number of rotatable bonds is 4. The maximum absolute atomic E-state index is 12.0. The Hall–Kier alpha value is -0.610. The summed E-state index contributed by atoms with van der Waals surface area (Å²) in [4.78, 5) is 14.0. The Labute approximate surface area is 97.3 Å². The molecule has 2 fully saturated rings. The number of carbonyl (C=O) groups is 1. The molecule has 0 spiro atoms. The van der Waals surface area contributed by atoms with Crippen molar-refractivity contribution in [1.29, 1.82) is 0 Å². The highest BCUT2D eigenvalue weighted by molar-refractivity contribution is 5.83. The van der Waals surface area contributed by atoms with E-state index >= 15 is 0 Å². The summed E-state index contributed by atoms with van der Waals surface area (Å²) in [5.74, 6) is 0.875. The quantitative estimate of drug-likeness (QED) is 0.776. The van der Waals surface area contributed by atoms with Crippen LogP contribution in [0.15, 0.2) is 0 Å². The van der Waals surface area contributed by atoms with Gasteiger partial charge in [0.25, 0.3) is 0 Å². The number of methoxy groups -OCH3 is 1. The van der Waals surface area contributed by atoms with Crippen molar-refractivity contribution >= 4 is 5.91 Å². The topological polar surface area (TPSA) is 41.6 Å². The highest BCUT2D eigenvalue weighted by Crippen LogP contribution is 2.31. The van der Waals surface area contributed by atoms with Crippen LogP contribution in [-0.2, 0) is 9.53 Å². The summed E-state index contributed by atoms with van der Waals surface area (Å²) in [6, 6.07) is -0.0255. The third-order valence-corrected chi connectivity index (χ3v) is 3.79. The molecular formula is C12H22N2O2. The van der Waals surface area contributed by atoms with Gasteiger partial charge in [0, 0.05) is 13.7 Å². The fraction of sp³-hybridized carbons (Fsp3) is 0.917. The van der Waals surface area contributed by atoms with E-state index in [0.717, 1.165) is 0 Å². The zero-order valence-electron chi connectivity index (χ0n) is 10.2. The normalized spacial score (nSPS) is 31.6. The Balaban J connectivity index is 2.00. The minimum Gasteiger partial charge on any atom is -0.383 e. The van der Waals surface area contributed by atoms with Crippen LogP contribution in [0.4, 0.5) is 0 Å². The summed E-state index contributed by atoms with van der Waals surface area (Å²) < 4.78 is 5.08. The lowest BCUT2D eigenvalue weighted by atomic mass is 10.0. The monoisotopic (exact) mass is 226 g/mol. The van der Waals surface area contributed by atoms with Crippen molar-refractivity contribution in [3.05, 3.63) is 0 Å². The van der Waals surface area contributed by atoms with Gasteiger partial charge >= 0.3 is 0 Å². The second kappa shape index (κ2) is 5.15. The average molecular weight is 226 g/mol. The molecule has 16 heavy (non-hydrogen) atoms. The molecule has 4 heteroatoms. The van der Waals surface area contributed by atoms with Crippen LogP contribution in [0.2, 0.25) is 0 Å². The van der Waals surface area contributed by atoms with Crippen LogP contribution in [0.5, 0.6) is 0 Å². The van der Waals surface area contributed by atoms with Crippen LogP contribution in [0.25, 0.3) is 0 Å². The van der Waals surface area contributed by atoms with Gasteiger partial charge in [-0.05, 0) is 25.7 Å². The van der Waals surface area contributed by atoms with Gasteiger partial charge in [0.2, 0.25) is 5.91 Å². The Morgan fingerprint density at radius 1 is 1.44 bits per heavy atom. The van der Waals surface area contributed by atoms with E-state index in [0.29, 0.717) is 19.1 Å². The molecule has 2 unspecified atom stereocenters. The lowest BCUT2D eigenvalue weighted by molar-refractivity contribution is -0.131. The molecule has 0 aromatic heterocycles. The summed E-state index contributed by atoms with van der Waals surface area (Å²) in [6.07, 6.45) is 5.37. The predicted molar refractivity (Wildman–Crippen MR) is 61.9 cm³/mol. The average Bonchev–Trinajstić information content (AvgIpc) is 2.87. The zero-order chi connectivity index (χ0) is 11.5. The molecule has 1 aliphatic carbocycles. The van der Waals surface area contributed by atoms with Gasteiger partial charge in [-0.15, -0.1) is 0 Å². The van der Waals surface area contributed by atoms with E-state index < -0.39 is 0 Å². The molecule has 1 N–H and O–H groups in total. The van der Waals surface area contributed by atoms with E-state index in [9.17, 15) is 4.79 Å². The minimum atomic E-state index is -0.0255. The number of nitrogens with one attached hydrogen (secondary N) is 1. The van der Waals surface area contributed by atoms with Crippen LogP contribution < -0.4 is 5.32 Å². The Morgan fingerprint density at radius 3 is 2.75 bits per heavy atom. The molecule has 2 aliphatic rings. The van der Waals surface area contributed by atoms with Crippen molar-refractivity contribution in [3.63, 3.8) is 0 Å². The third-order valence-electron chi connectivity index (χ3n) is 3.79. The smallest absolute Gasteiger partial charge is 0.240 e. The first-order valence-corrected chi connectivity index (χ1v) is 6.29. The molecule has 0 bridgehead atoms. The number of carbonyl (C=O) groups excluding carboxylic acids is 1. The zero-order valence-corrected chi connectivity index (χ0v) is 10.2. The molecule has 92 valence electrons. The second-order valence-corrected chi connectivity index (χ2v) is 4.90. The van der Waals surface area contributed by atoms with Crippen molar-refractivity contribution in [1.82, 2.24) is 10.2 Å². The van der Waals surface area contributed by atoms with Gasteiger partial charge < -0.3 is 9.64 Å². The first kappa shape index (κ1) is 11.9. The number of hydrogen-bond donors (Lipinski definition) is 1. The summed E-state index contributed by atoms with van der Waals surface area (Å²) >= 11 is 0. The lowest BCUT2D eigenvalue weighted by Crippen LogP contribution is -2.43. The maximum Gasteiger partial charge on any atom is 0.240 e. The Kier molecular flexibility index (Phi) is 3.82. The summed E-state index contributed by atoms with van der Waals surface area (Å²) in [7, 11) is 1.68. The highest BCUT2D eigenvalue weighted by Gasteiger charge is 2.40. The van der Waals surface area contributed by atoms with Crippen molar-refractivity contribution in [3.8, 4) is 0 Å². The molecule has 1 amide bonds. The molecule has 1 aliphatic heterocycles. The number of amides is 1. The summed E-state index contributed by atoms with van der Waals surface area (Å²) in [6.45, 7) is 3.30. The number of ether oxygens (including phenoxy) is 1. The highest BCUT2D eigenvalue weighted by atomic mass is 16.5. The van der Waals surface area contributed by atoms with E-state index in [4.69, 9.17) is 4.74 Å². The van der Waals surface area contributed by atoms with E-state index in [1.807, 2.05) is 11.8 Å². The van der Waals surface area contributed by atoms with Gasteiger partial charge in [-0.1, -0.05) is 12.8 Å². The Morgan fingerprint density at radius 2 is 2.12 bits per heavy atom. The van der Waals surface area contributed by atoms with Gasteiger partial charge in [0.1, 0.15) is 0 Å². The molecule has 1 heterocycles. The molecule has 1 saturated carbocycles. The molecular weight excluding hydrogens is 204 g/mol. The fourth-order valence-corrected chi connectivity index (χ4v) is 2.91. The van der Waals surface area contributed by atoms with Crippen LogP contribution in [-0.4, -0.2) is 43.3 Å². The largest absolute Gasteiger partial charge is 0.383 e. The predicted octanol–water partition coefficient (Wildman–Crippen LogP) is 0.969. The van der Waals surface area contributed by atoms with Crippen molar-refractivity contribution in [2.45, 2.75) is 44.8 Å².